The Morgan fingerprint density at radius 1 is 0.963 bits per heavy atom. The molecule has 0 bridgehead atoms. The van der Waals surface area contributed by atoms with E-state index in [0.29, 0.717) is 10.9 Å². The molecule has 2 aliphatic rings. The average molecular weight is 745 g/mol. The minimum Gasteiger partial charge on any atom is -0.478 e. The van der Waals surface area contributed by atoms with Crippen molar-refractivity contribution in [2.45, 2.75) is 110 Å². The normalized spacial score (nSPS) is 19.6. The van der Waals surface area contributed by atoms with E-state index in [-0.39, 0.29) is 30.5 Å². The summed E-state index contributed by atoms with van der Waals surface area (Å²) < 4.78 is 6.79. The largest absolute Gasteiger partial charge is 0.478 e. The maximum absolute atomic E-state index is 14.6. The summed E-state index contributed by atoms with van der Waals surface area (Å²) in [5, 5.41) is 19.0. The maximum Gasteiger partial charge on any atom is 0.410 e. The van der Waals surface area contributed by atoms with E-state index in [0.717, 1.165) is 35.3 Å². The highest BCUT2D eigenvalue weighted by Crippen LogP contribution is 2.32. The van der Waals surface area contributed by atoms with Gasteiger partial charge in [0.1, 0.15) is 23.7 Å². The molecule has 3 aromatic rings. The van der Waals surface area contributed by atoms with Gasteiger partial charge in [-0.05, 0) is 94.2 Å². The molecule has 14 heteroatoms. The molecule has 0 radical (unpaired) electrons. The Morgan fingerprint density at radius 2 is 1.67 bits per heavy atom. The van der Waals surface area contributed by atoms with Gasteiger partial charge in [0.15, 0.2) is 0 Å². The van der Waals surface area contributed by atoms with Crippen molar-refractivity contribution in [3.63, 3.8) is 0 Å². The first-order chi connectivity index (χ1) is 25.2. The summed E-state index contributed by atoms with van der Waals surface area (Å²) in [4.78, 5) is 83.0. The predicted molar refractivity (Wildman–Crippen MR) is 202 cm³/mol. The number of carboxylic acids is 1. The van der Waals surface area contributed by atoms with Crippen molar-refractivity contribution in [1.29, 1.82) is 0 Å². The Kier molecular flexibility index (Phi) is 11.4. The number of likely N-dealkylation sites (tertiary alicyclic amines) is 1. The molecule has 4 N–H and O–H groups in total. The second-order valence-electron chi connectivity index (χ2n) is 16.4. The van der Waals surface area contributed by atoms with Crippen LogP contribution in [-0.2, 0) is 25.5 Å². The fraction of sp³-hybridized carbons (Fsp3) is 0.500. The highest BCUT2D eigenvalue weighted by molar-refractivity contribution is 5.98. The van der Waals surface area contributed by atoms with Crippen molar-refractivity contribution in [2.24, 2.45) is 5.41 Å². The lowest BCUT2D eigenvalue weighted by atomic mass is 9.85. The van der Waals surface area contributed by atoms with Gasteiger partial charge >= 0.3 is 18.1 Å². The quantitative estimate of drug-likeness (QED) is 0.253. The molecule has 1 saturated heterocycles. The van der Waals surface area contributed by atoms with Crippen molar-refractivity contribution in [3.05, 3.63) is 71.4 Å². The molecule has 0 spiro atoms. The minimum atomic E-state index is -1.10. The van der Waals surface area contributed by atoms with Gasteiger partial charge in [-0.2, -0.15) is 0 Å². The number of aromatic nitrogens is 1. The highest BCUT2D eigenvalue weighted by Gasteiger charge is 2.46. The van der Waals surface area contributed by atoms with Crippen LogP contribution >= 0.6 is 0 Å². The topological polar surface area (TPSA) is 179 Å². The van der Waals surface area contributed by atoms with Gasteiger partial charge in [-0.15, -0.1) is 0 Å². The van der Waals surface area contributed by atoms with Crippen LogP contribution in [0.5, 0.6) is 0 Å². The zero-order chi connectivity index (χ0) is 39.7. The standard InChI is InChI=1S/C40H52N6O8/c1-23(44(8)38(53)54-40(5,6)7)33(47)43-32(39(2,3)4)35(49)46-22-27(41-37(52)45-19-18-25-20-26(36(50)51)16-17-30(25)45)21-31(46)34(48)42-29-15-11-13-24-12-9-10-14-28(24)29/h9-10,12,14,16-20,23,27,29,31-32H,11,13,15,21-22H2,1-8H3,(H,41,52)(H,42,48)(H,43,47)(H,50,51)/t23?,27-,29+,31-,32?/m0/s1. The van der Waals surface area contributed by atoms with Crippen LogP contribution in [0.4, 0.5) is 9.59 Å². The smallest absolute Gasteiger partial charge is 0.410 e. The van der Waals surface area contributed by atoms with Crippen LogP contribution < -0.4 is 16.0 Å². The Bertz CT molecular complexity index is 1940. The van der Waals surface area contributed by atoms with Crippen molar-refractivity contribution >= 4 is 46.7 Å². The number of nitrogens with one attached hydrogen (secondary N) is 3. The first-order valence-electron chi connectivity index (χ1n) is 18.3. The van der Waals surface area contributed by atoms with Crippen LogP contribution in [0.15, 0.2) is 54.7 Å². The number of benzene rings is 2. The van der Waals surface area contributed by atoms with Gasteiger partial charge < -0.3 is 30.7 Å². The Labute approximate surface area is 315 Å². The lowest BCUT2D eigenvalue weighted by Gasteiger charge is -2.37. The first kappa shape index (κ1) is 39.8. The Hall–Kier alpha value is -5.40. The molecule has 1 aliphatic carbocycles. The number of nitrogens with zero attached hydrogens (tertiary/aromatic N) is 3. The third kappa shape index (κ3) is 8.86. The third-order valence-electron chi connectivity index (χ3n) is 10.1. The number of carboxylic acid groups (broad SMARTS) is 1. The molecule has 1 aromatic heterocycles. The SMILES string of the molecule is CC(C(=O)NC(C(=O)N1C[C@@H](NC(=O)n2ccc3cc(C(=O)O)ccc32)C[C@H]1C(=O)N[C@@H]1CCCc2ccccc21)C(C)(C)C)N(C)C(=O)OC(C)(C)C. The van der Waals surface area contributed by atoms with Gasteiger partial charge in [0, 0.05) is 25.2 Å². The van der Waals surface area contributed by atoms with E-state index in [9.17, 15) is 33.9 Å². The number of fused-ring (bicyclic) bond motifs is 2. The van der Waals surface area contributed by atoms with E-state index in [1.54, 1.807) is 53.7 Å². The summed E-state index contributed by atoms with van der Waals surface area (Å²) in [6.45, 7) is 12.1. The predicted octanol–water partition coefficient (Wildman–Crippen LogP) is 4.85. The average Bonchev–Trinajstić information content (AvgIpc) is 3.73. The maximum atomic E-state index is 14.6. The first-order valence-corrected chi connectivity index (χ1v) is 18.3. The van der Waals surface area contributed by atoms with Crippen LogP contribution in [0.3, 0.4) is 0 Å². The number of ether oxygens (including phenoxy) is 1. The summed E-state index contributed by atoms with van der Waals surface area (Å²) in [5.74, 6) is -2.53. The second kappa shape index (κ2) is 15.5. The summed E-state index contributed by atoms with van der Waals surface area (Å²) in [5.41, 5.74) is 1.18. The van der Waals surface area contributed by atoms with E-state index < -0.39 is 65.1 Å². The van der Waals surface area contributed by atoms with Crippen molar-refractivity contribution in [2.75, 3.05) is 13.6 Å². The van der Waals surface area contributed by atoms with Gasteiger partial charge in [-0.3, -0.25) is 23.9 Å². The fourth-order valence-corrected chi connectivity index (χ4v) is 7.05. The molecular weight excluding hydrogens is 692 g/mol. The molecule has 14 nitrogen and oxygen atoms in total. The molecule has 54 heavy (non-hydrogen) atoms. The van der Waals surface area contributed by atoms with Crippen LogP contribution in [0.1, 0.15) is 95.3 Å². The lowest BCUT2D eigenvalue weighted by Crippen LogP contribution is -2.60. The van der Waals surface area contributed by atoms with Crippen molar-refractivity contribution < 1.29 is 38.6 Å². The fourth-order valence-electron chi connectivity index (χ4n) is 7.05. The molecule has 2 aromatic carbocycles. The second-order valence-corrected chi connectivity index (χ2v) is 16.4. The number of carbonyl (C=O) groups excluding carboxylic acids is 5. The minimum absolute atomic E-state index is 0.0118. The van der Waals surface area contributed by atoms with Crippen molar-refractivity contribution in [3.8, 4) is 0 Å². The Balaban J connectivity index is 1.40. The van der Waals surface area contributed by atoms with E-state index in [1.165, 1.54) is 41.8 Å². The lowest BCUT2D eigenvalue weighted by molar-refractivity contribution is -0.144. The van der Waals surface area contributed by atoms with Crippen LogP contribution in [0, 0.1) is 5.41 Å². The highest BCUT2D eigenvalue weighted by atomic mass is 16.6. The van der Waals surface area contributed by atoms with Gasteiger partial charge in [-0.1, -0.05) is 45.0 Å². The van der Waals surface area contributed by atoms with E-state index in [1.807, 2.05) is 18.2 Å². The van der Waals surface area contributed by atoms with Gasteiger partial charge in [-0.25, -0.2) is 14.4 Å². The zero-order valence-corrected chi connectivity index (χ0v) is 32.3. The number of hydrogen-bond donors (Lipinski definition) is 4. The summed E-state index contributed by atoms with van der Waals surface area (Å²) in [6, 6.07) is 9.59. The van der Waals surface area contributed by atoms with E-state index >= 15 is 0 Å². The molecule has 5 rings (SSSR count). The summed E-state index contributed by atoms with van der Waals surface area (Å²) >= 11 is 0. The molecule has 5 amide bonds. The van der Waals surface area contributed by atoms with Crippen molar-refractivity contribution in [1.82, 2.24) is 30.3 Å². The van der Waals surface area contributed by atoms with Gasteiger partial charge in [0.2, 0.25) is 17.7 Å². The van der Waals surface area contributed by atoms with E-state index in [4.69, 9.17) is 4.74 Å². The number of likely N-dealkylation sites (N-methyl/N-ethyl adjacent to an activating group) is 1. The van der Waals surface area contributed by atoms with E-state index in [2.05, 4.69) is 22.0 Å². The van der Waals surface area contributed by atoms with Gasteiger partial charge in [0.25, 0.3) is 0 Å². The summed E-state index contributed by atoms with van der Waals surface area (Å²) in [7, 11) is 1.45. The zero-order valence-electron chi connectivity index (χ0n) is 32.3. The molecule has 2 heterocycles. The van der Waals surface area contributed by atoms with Crippen LogP contribution in [0.2, 0.25) is 0 Å². The summed E-state index contributed by atoms with van der Waals surface area (Å²) in [6.07, 6.45) is 3.49. The van der Waals surface area contributed by atoms with Crippen LogP contribution in [0.25, 0.3) is 10.9 Å². The third-order valence-corrected chi connectivity index (χ3v) is 10.1. The number of aromatic carboxylic acids is 1. The molecule has 1 fully saturated rings. The van der Waals surface area contributed by atoms with Gasteiger partial charge in [0.05, 0.1) is 23.2 Å². The number of rotatable bonds is 8. The number of amides is 5. The molecule has 1 aliphatic heterocycles. The molecular formula is C40H52N6O8. The molecule has 2 unspecified atom stereocenters. The monoisotopic (exact) mass is 744 g/mol. The van der Waals surface area contributed by atoms with Crippen LogP contribution in [-0.4, -0.2) is 98.6 Å². The Morgan fingerprint density at radius 3 is 2.33 bits per heavy atom. The molecule has 290 valence electrons. The molecule has 0 saturated carbocycles. The number of carbonyl (C=O) groups is 6. The number of hydrogen-bond acceptors (Lipinski definition) is 7. The number of aryl methyl sites for hydroxylation is 1. The molecule has 5 atom stereocenters.